The first-order chi connectivity index (χ1) is 14.7. The molecular formula is C25H34N2O3S. The van der Waals surface area contributed by atoms with Crippen LogP contribution in [0.25, 0.3) is 0 Å². The Morgan fingerprint density at radius 2 is 1.58 bits per heavy atom. The van der Waals surface area contributed by atoms with Crippen LogP contribution in [0.1, 0.15) is 77.7 Å². The molecule has 0 saturated carbocycles. The van der Waals surface area contributed by atoms with E-state index in [1.54, 1.807) is 23.4 Å². The van der Waals surface area contributed by atoms with E-state index in [0.717, 1.165) is 37.7 Å². The standard InChI is InChI=1S/C25H34N2O3S/c1-5-23(21-12-10-18(2)20(4)16-21)26-25(28)22-13-11-19(3)24(17-22)31(29,30)27-14-8-6-7-9-15-27/h10-13,16-17,23H,5-9,14-15H2,1-4H3,(H,26,28). The van der Waals surface area contributed by atoms with E-state index in [0.29, 0.717) is 24.2 Å². The highest BCUT2D eigenvalue weighted by atomic mass is 32.2. The molecule has 0 spiro atoms. The molecule has 6 heteroatoms. The van der Waals surface area contributed by atoms with Gasteiger partial charge in [0.25, 0.3) is 5.91 Å². The maximum Gasteiger partial charge on any atom is 0.251 e. The van der Waals surface area contributed by atoms with Crippen LogP contribution in [0.5, 0.6) is 0 Å². The zero-order chi connectivity index (χ0) is 22.6. The number of nitrogens with one attached hydrogen (secondary N) is 1. The van der Waals surface area contributed by atoms with Crippen molar-refractivity contribution >= 4 is 15.9 Å². The van der Waals surface area contributed by atoms with Gasteiger partial charge in [-0.1, -0.05) is 44.0 Å². The smallest absolute Gasteiger partial charge is 0.251 e. The van der Waals surface area contributed by atoms with E-state index < -0.39 is 10.0 Å². The SMILES string of the molecule is CCC(NC(=O)c1ccc(C)c(S(=O)(=O)N2CCCCCC2)c1)c1ccc(C)c(C)c1. The van der Waals surface area contributed by atoms with Crippen molar-refractivity contribution < 1.29 is 13.2 Å². The Hall–Kier alpha value is -2.18. The molecule has 3 rings (SSSR count). The number of rotatable bonds is 6. The molecule has 31 heavy (non-hydrogen) atoms. The first kappa shape index (κ1) is 23.5. The largest absolute Gasteiger partial charge is 0.345 e. The molecule has 1 atom stereocenters. The third kappa shape index (κ3) is 5.36. The van der Waals surface area contributed by atoms with E-state index in [4.69, 9.17) is 0 Å². The van der Waals surface area contributed by atoms with Gasteiger partial charge in [-0.05, 0) is 74.4 Å². The maximum absolute atomic E-state index is 13.3. The number of amides is 1. The molecule has 5 nitrogen and oxygen atoms in total. The fraction of sp³-hybridized carbons (Fsp3) is 0.480. The normalized spacial score (nSPS) is 16.5. The minimum atomic E-state index is -3.62. The van der Waals surface area contributed by atoms with Gasteiger partial charge in [0.1, 0.15) is 0 Å². The summed E-state index contributed by atoms with van der Waals surface area (Å²) >= 11 is 0. The Morgan fingerprint density at radius 3 is 2.19 bits per heavy atom. The molecule has 1 amide bonds. The Labute approximate surface area is 186 Å². The molecule has 0 bridgehead atoms. The number of hydrogen-bond acceptors (Lipinski definition) is 3. The molecule has 2 aromatic rings. The van der Waals surface area contributed by atoms with Gasteiger partial charge in [0, 0.05) is 18.7 Å². The maximum atomic E-state index is 13.3. The quantitative estimate of drug-likeness (QED) is 0.680. The number of nitrogens with zero attached hydrogens (tertiary/aromatic N) is 1. The molecule has 1 saturated heterocycles. The van der Waals surface area contributed by atoms with Crippen molar-refractivity contribution in [1.29, 1.82) is 0 Å². The summed E-state index contributed by atoms with van der Waals surface area (Å²) in [5, 5.41) is 3.09. The molecular weight excluding hydrogens is 408 g/mol. The van der Waals surface area contributed by atoms with Crippen LogP contribution in [0, 0.1) is 20.8 Å². The second kappa shape index (κ2) is 9.96. The lowest BCUT2D eigenvalue weighted by Crippen LogP contribution is -2.33. The van der Waals surface area contributed by atoms with Crippen LogP contribution in [0.2, 0.25) is 0 Å². The van der Waals surface area contributed by atoms with Crippen molar-refractivity contribution in [3.05, 3.63) is 64.2 Å². The summed E-state index contributed by atoms with van der Waals surface area (Å²) in [6.07, 6.45) is 4.63. The predicted octanol–water partition coefficient (Wildman–Crippen LogP) is 5.06. The van der Waals surface area contributed by atoms with Gasteiger partial charge in [-0.25, -0.2) is 8.42 Å². The van der Waals surface area contributed by atoms with Crippen molar-refractivity contribution in [3.63, 3.8) is 0 Å². The molecule has 1 fully saturated rings. The molecule has 0 radical (unpaired) electrons. The number of sulfonamides is 1. The highest BCUT2D eigenvalue weighted by Gasteiger charge is 2.27. The van der Waals surface area contributed by atoms with Gasteiger partial charge in [-0.15, -0.1) is 0 Å². The summed E-state index contributed by atoms with van der Waals surface area (Å²) in [4.78, 5) is 13.3. The highest BCUT2D eigenvalue weighted by Crippen LogP contribution is 2.25. The molecule has 0 aliphatic carbocycles. The average molecular weight is 443 g/mol. The summed E-state index contributed by atoms with van der Waals surface area (Å²) in [5.74, 6) is -0.252. The van der Waals surface area contributed by atoms with Crippen LogP contribution < -0.4 is 5.32 Å². The van der Waals surface area contributed by atoms with Gasteiger partial charge >= 0.3 is 0 Å². The monoisotopic (exact) mass is 442 g/mol. The molecule has 2 aromatic carbocycles. The van der Waals surface area contributed by atoms with E-state index >= 15 is 0 Å². The number of hydrogen-bond donors (Lipinski definition) is 1. The lowest BCUT2D eigenvalue weighted by molar-refractivity contribution is 0.0935. The van der Waals surface area contributed by atoms with E-state index in [9.17, 15) is 13.2 Å². The molecule has 1 unspecified atom stereocenters. The van der Waals surface area contributed by atoms with Crippen molar-refractivity contribution in [3.8, 4) is 0 Å². The topological polar surface area (TPSA) is 66.5 Å². The van der Waals surface area contributed by atoms with Gasteiger partial charge in [-0.2, -0.15) is 4.31 Å². The third-order valence-electron chi connectivity index (χ3n) is 6.28. The van der Waals surface area contributed by atoms with Crippen molar-refractivity contribution in [1.82, 2.24) is 9.62 Å². The van der Waals surface area contributed by atoms with E-state index in [-0.39, 0.29) is 16.8 Å². The molecule has 1 aliphatic heterocycles. The van der Waals surface area contributed by atoms with Crippen molar-refractivity contribution in [2.24, 2.45) is 0 Å². The number of benzene rings is 2. The predicted molar refractivity (Wildman–Crippen MR) is 125 cm³/mol. The average Bonchev–Trinajstić information content (AvgIpc) is 3.04. The number of carbonyl (C=O) groups excluding carboxylic acids is 1. The molecule has 1 N–H and O–H groups in total. The lowest BCUT2D eigenvalue weighted by Gasteiger charge is -2.22. The van der Waals surface area contributed by atoms with Crippen LogP contribution in [0.15, 0.2) is 41.3 Å². The van der Waals surface area contributed by atoms with Gasteiger partial charge in [0.2, 0.25) is 10.0 Å². The zero-order valence-electron chi connectivity index (χ0n) is 19.1. The summed E-state index contributed by atoms with van der Waals surface area (Å²) in [5.41, 5.74) is 4.50. The zero-order valence-corrected chi connectivity index (χ0v) is 19.9. The van der Waals surface area contributed by atoms with Gasteiger partial charge < -0.3 is 5.32 Å². The third-order valence-corrected chi connectivity index (χ3v) is 8.32. The van der Waals surface area contributed by atoms with Crippen molar-refractivity contribution in [2.75, 3.05) is 13.1 Å². The molecule has 168 valence electrons. The van der Waals surface area contributed by atoms with Crippen LogP contribution in [-0.4, -0.2) is 31.7 Å². The van der Waals surface area contributed by atoms with Gasteiger partial charge in [-0.3, -0.25) is 4.79 Å². The van der Waals surface area contributed by atoms with Gasteiger partial charge in [0.15, 0.2) is 0 Å². The highest BCUT2D eigenvalue weighted by molar-refractivity contribution is 7.89. The fourth-order valence-corrected chi connectivity index (χ4v) is 5.85. The lowest BCUT2D eigenvalue weighted by atomic mass is 9.99. The summed E-state index contributed by atoms with van der Waals surface area (Å²) < 4.78 is 28.2. The first-order valence-corrected chi connectivity index (χ1v) is 12.7. The van der Waals surface area contributed by atoms with E-state index in [2.05, 4.69) is 31.3 Å². The summed E-state index contributed by atoms with van der Waals surface area (Å²) in [6, 6.07) is 11.1. The first-order valence-electron chi connectivity index (χ1n) is 11.2. The Morgan fingerprint density at radius 1 is 0.935 bits per heavy atom. The minimum absolute atomic E-state index is 0.126. The van der Waals surface area contributed by atoms with Crippen LogP contribution >= 0.6 is 0 Å². The number of aryl methyl sites for hydroxylation is 3. The Balaban J connectivity index is 1.85. The Bertz CT molecular complexity index is 1040. The second-order valence-corrected chi connectivity index (χ2v) is 10.5. The van der Waals surface area contributed by atoms with E-state index in [1.807, 2.05) is 13.0 Å². The summed E-state index contributed by atoms with van der Waals surface area (Å²) in [7, 11) is -3.62. The minimum Gasteiger partial charge on any atom is -0.345 e. The van der Waals surface area contributed by atoms with Crippen molar-refractivity contribution in [2.45, 2.75) is 70.7 Å². The molecule has 0 aromatic heterocycles. The molecule has 1 heterocycles. The Kier molecular flexibility index (Phi) is 7.55. The van der Waals surface area contributed by atoms with Crippen LogP contribution in [0.4, 0.5) is 0 Å². The van der Waals surface area contributed by atoms with Crippen LogP contribution in [-0.2, 0) is 10.0 Å². The van der Waals surface area contributed by atoms with E-state index in [1.165, 1.54) is 17.2 Å². The fourth-order valence-electron chi connectivity index (χ4n) is 4.08. The number of carbonyl (C=O) groups is 1. The van der Waals surface area contributed by atoms with Crippen LogP contribution in [0.3, 0.4) is 0 Å². The van der Waals surface area contributed by atoms with Gasteiger partial charge in [0.05, 0.1) is 10.9 Å². The summed E-state index contributed by atoms with van der Waals surface area (Å²) in [6.45, 7) is 9.04. The molecule has 1 aliphatic rings. The second-order valence-electron chi connectivity index (χ2n) is 8.58.